The average Bonchev–Trinajstić information content (AvgIpc) is 2.89. The summed E-state index contributed by atoms with van der Waals surface area (Å²) in [7, 11) is 0. The Balaban J connectivity index is 1.94. The van der Waals surface area contributed by atoms with E-state index in [0.29, 0.717) is 23.4 Å². The molecule has 4 aliphatic rings. The summed E-state index contributed by atoms with van der Waals surface area (Å²) in [4.78, 5) is 1.73. The van der Waals surface area contributed by atoms with Gasteiger partial charge in [-0.15, -0.1) is 0 Å². The standard InChI is InChI=1S/C18H22N4OS/c19-10-12-15(21)22-16(24-14-6-2-5-9-18(14,22)23)13(11-20)17(12)7-3-1-4-8-17/h14,23H,1-9,21H2/t14-,18+/m1/s1. The van der Waals surface area contributed by atoms with Gasteiger partial charge in [0.25, 0.3) is 0 Å². The molecule has 2 heterocycles. The van der Waals surface area contributed by atoms with Crippen molar-refractivity contribution < 1.29 is 5.11 Å². The van der Waals surface area contributed by atoms with Gasteiger partial charge in [-0.3, -0.25) is 4.90 Å². The Labute approximate surface area is 146 Å². The maximum atomic E-state index is 11.3. The summed E-state index contributed by atoms with van der Waals surface area (Å²) in [6.45, 7) is 0. The first-order chi connectivity index (χ1) is 11.6. The van der Waals surface area contributed by atoms with Crippen molar-refractivity contribution in [1.29, 1.82) is 10.5 Å². The zero-order chi connectivity index (χ0) is 16.9. The molecule has 3 fully saturated rings. The van der Waals surface area contributed by atoms with E-state index in [0.717, 1.165) is 56.4 Å². The lowest BCUT2D eigenvalue weighted by atomic mass is 9.64. The largest absolute Gasteiger partial charge is 0.384 e. The van der Waals surface area contributed by atoms with E-state index in [-0.39, 0.29) is 5.25 Å². The molecule has 0 aromatic heterocycles. The number of rotatable bonds is 0. The number of hydrogen-bond donors (Lipinski definition) is 2. The van der Waals surface area contributed by atoms with Crippen LogP contribution in [0.3, 0.4) is 0 Å². The van der Waals surface area contributed by atoms with Gasteiger partial charge in [0, 0.05) is 5.41 Å². The van der Waals surface area contributed by atoms with Crippen LogP contribution in [0.1, 0.15) is 57.8 Å². The quantitative estimate of drug-likeness (QED) is 0.702. The molecule has 0 radical (unpaired) electrons. The van der Waals surface area contributed by atoms with E-state index in [1.165, 1.54) is 0 Å². The molecule has 0 amide bonds. The zero-order valence-electron chi connectivity index (χ0n) is 13.7. The van der Waals surface area contributed by atoms with Crippen molar-refractivity contribution in [2.24, 2.45) is 11.1 Å². The predicted octanol–water partition coefficient (Wildman–Crippen LogP) is 3.06. The molecule has 2 aliphatic carbocycles. The molecule has 3 N–H and O–H groups in total. The summed E-state index contributed by atoms with van der Waals surface area (Å²) < 4.78 is 0. The Hall–Kier alpha value is -1.63. The minimum atomic E-state index is -1.05. The number of nitrogens with zero attached hydrogens (tertiary/aromatic N) is 3. The third-order valence-corrected chi connectivity index (χ3v) is 7.73. The van der Waals surface area contributed by atoms with E-state index in [1.54, 1.807) is 16.7 Å². The van der Waals surface area contributed by atoms with Crippen molar-refractivity contribution in [1.82, 2.24) is 4.90 Å². The van der Waals surface area contributed by atoms with Crippen molar-refractivity contribution in [3.05, 3.63) is 22.0 Å². The number of hydrogen-bond acceptors (Lipinski definition) is 6. The molecular weight excluding hydrogens is 320 g/mol. The molecule has 0 bridgehead atoms. The van der Waals surface area contributed by atoms with Crippen molar-refractivity contribution in [2.75, 3.05) is 0 Å². The van der Waals surface area contributed by atoms with Gasteiger partial charge in [0.05, 0.1) is 33.6 Å². The summed E-state index contributed by atoms with van der Waals surface area (Å²) in [6, 6.07) is 4.72. The number of thioether (sulfide) groups is 1. The van der Waals surface area contributed by atoms with Gasteiger partial charge in [0.15, 0.2) is 5.72 Å². The number of fused-ring (bicyclic) bond motifs is 3. The number of aliphatic hydroxyl groups is 1. The maximum absolute atomic E-state index is 11.3. The summed E-state index contributed by atoms with van der Waals surface area (Å²) in [5.41, 5.74) is 6.04. The van der Waals surface area contributed by atoms with Crippen molar-refractivity contribution in [2.45, 2.75) is 68.8 Å². The molecule has 2 saturated carbocycles. The Morgan fingerprint density at radius 1 is 1.04 bits per heavy atom. The Kier molecular flexibility index (Phi) is 3.60. The van der Waals surface area contributed by atoms with Crippen molar-refractivity contribution in [3.63, 3.8) is 0 Å². The molecule has 1 saturated heterocycles. The lowest BCUT2D eigenvalue weighted by molar-refractivity contribution is -0.0841. The first kappa shape index (κ1) is 15.9. The van der Waals surface area contributed by atoms with Crippen LogP contribution in [0.15, 0.2) is 22.0 Å². The summed E-state index contributed by atoms with van der Waals surface area (Å²) >= 11 is 1.60. The van der Waals surface area contributed by atoms with Crippen LogP contribution in [-0.2, 0) is 0 Å². The van der Waals surface area contributed by atoms with Gasteiger partial charge in [0.1, 0.15) is 5.82 Å². The Morgan fingerprint density at radius 3 is 2.38 bits per heavy atom. The molecule has 4 rings (SSSR count). The molecular formula is C18H22N4OS. The van der Waals surface area contributed by atoms with Crippen LogP contribution in [0.5, 0.6) is 0 Å². The second-order valence-electron chi connectivity index (χ2n) is 7.37. The molecule has 2 atom stereocenters. The van der Waals surface area contributed by atoms with Crippen LogP contribution >= 0.6 is 11.8 Å². The number of nitrogens with two attached hydrogens (primary N) is 1. The highest BCUT2D eigenvalue weighted by atomic mass is 32.2. The van der Waals surface area contributed by atoms with E-state index >= 15 is 0 Å². The SMILES string of the molecule is N#CC1=C(N)N2C(=C(C#N)C13CCCCC3)S[C@@H]1CCCC[C@]12O. The van der Waals surface area contributed by atoms with Crippen LogP contribution in [0, 0.1) is 28.1 Å². The third-order valence-electron chi connectivity index (χ3n) is 6.22. The molecule has 6 heteroatoms. The summed E-state index contributed by atoms with van der Waals surface area (Å²) in [6.07, 6.45) is 8.35. The van der Waals surface area contributed by atoms with Crippen molar-refractivity contribution >= 4 is 11.8 Å². The molecule has 1 spiro atoms. The van der Waals surface area contributed by atoms with Gasteiger partial charge < -0.3 is 10.8 Å². The topological polar surface area (TPSA) is 97.1 Å². The number of nitriles is 2. The van der Waals surface area contributed by atoms with Gasteiger partial charge in [-0.2, -0.15) is 10.5 Å². The van der Waals surface area contributed by atoms with Gasteiger partial charge in [-0.1, -0.05) is 37.4 Å². The van der Waals surface area contributed by atoms with Gasteiger partial charge in [-0.25, -0.2) is 0 Å². The van der Waals surface area contributed by atoms with Crippen LogP contribution in [-0.4, -0.2) is 21.0 Å². The minimum Gasteiger partial charge on any atom is -0.384 e. The van der Waals surface area contributed by atoms with E-state index in [2.05, 4.69) is 12.1 Å². The van der Waals surface area contributed by atoms with Gasteiger partial charge >= 0.3 is 0 Å². The van der Waals surface area contributed by atoms with Gasteiger partial charge in [0.2, 0.25) is 0 Å². The molecule has 2 aliphatic heterocycles. The first-order valence-electron chi connectivity index (χ1n) is 8.83. The second-order valence-corrected chi connectivity index (χ2v) is 8.56. The van der Waals surface area contributed by atoms with E-state index < -0.39 is 11.1 Å². The first-order valence-corrected chi connectivity index (χ1v) is 9.71. The minimum absolute atomic E-state index is 0.0295. The fraction of sp³-hybridized carbons (Fsp3) is 0.667. The number of allylic oxidation sites excluding steroid dienone is 2. The van der Waals surface area contributed by atoms with Crippen LogP contribution in [0.2, 0.25) is 0 Å². The smallest absolute Gasteiger partial charge is 0.156 e. The Morgan fingerprint density at radius 2 is 1.71 bits per heavy atom. The molecule has 0 unspecified atom stereocenters. The maximum Gasteiger partial charge on any atom is 0.156 e. The zero-order valence-corrected chi connectivity index (χ0v) is 14.5. The van der Waals surface area contributed by atoms with Crippen LogP contribution in [0.4, 0.5) is 0 Å². The molecule has 0 aromatic rings. The average molecular weight is 342 g/mol. The molecule has 24 heavy (non-hydrogen) atoms. The van der Waals surface area contributed by atoms with Crippen LogP contribution < -0.4 is 5.73 Å². The van der Waals surface area contributed by atoms with E-state index in [9.17, 15) is 15.6 Å². The van der Waals surface area contributed by atoms with Crippen LogP contribution in [0.25, 0.3) is 0 Å². The fourth-order valence-electron chi connectivity index (χ4n) is 5.03. The van der Waals surface area contributed by atoms with Gasteiger partial charge in [-0.05, 0) is 32.1 Å². The monoisotopic (exact) mass is 342 g/mol. The van der Waals surface area contributed by atoms with Crippen molar-refractivity contribution in [3.8, 4) is 12.1 Å². The summed E-state index contributed by atoms with van der Waals surface area (Å²) in [5.74, 6) is 0.382. The van der Waals surface area contributed by atoms with E-state index in [4.69, 9.17) is 5.73 Å². The highest BCUT2D eigenvalue weighted by molar-refractivity contribution is 8.04. The molecule has 5 nitrogen and oxygen atoms in total. The van der Waals surface area contributed by atoms with E-state index in [1.807, 2.05) is 0 Å². The fourth-order valence-corrected chi connectivity index (χ4v) is 6.72. The normalized spacial score (nSPS) is 34.6. The molecule has 0 aromatic carbocycles. The summed E-state index contributed by atoms with van der Waals surface area (Å²) in [5, 5.41) is 32.0. The predicted molar refractivity (Wildman–Crippen MR) is 91.6 cm³/mol. The second kappa shape index (κ2) is 5.44. The lowest BCUT2D eigenvalue weighted by Crippen LogP contribution is -2.54. The highest BCUT2D eigenvalue weighted by Gasteiger charge is 2.59. The lowest BCUT2D eigenvalue weighted by Gasteiger charge is -2.47. The molecule has 126 valence electrons. The third kappa shape index (κ3) is 1.84. The Bertz CT molecular complexity index is 722. The highest BCUT2D eigenvalue weighted by Crippen LogP contribution is 2.61.